The van der Waals surface area contributed by atoms with Crippen molar-refractivity contribution in [2.24, 2.45) is 5.41 Å². The molecule has 0 radical (unpaired) electrons. The molecule has 0 saturated carbocycles. The highest BCUT2D eigenvalue weighted by Crippen LogP contribution is 2.27. The Morgan fingerprint density at radius 1 is 1.16 bits per heavy atom. The molecule has 8 nitrogen and oxygen atoms in total. The first-order valence-corrected chi connectivity index (χ1v) is 9.42. The van der Waals surface area contributed by atoms with Gasteiger partial charge in [-0.05, 0) is 43.7 Å². The van der Waals surface area contributed by atoms with Crippen molar-refractivity contribution in [3.8, 4) is 17.1 Å². The molecule has 31 heavy (non-hydrogen) atoms. The van der Waals surface area contributed by atoms with E-state index >= 15 is 0 Å². The molecule has 0 saturated heterocycles. The van der Waals surface area contributed by atoms with E-state index in [0.717, 1.165) is 0 Å². The van der Waals surface area contributed by atoms with Gasteiger partial charge in [0.2, 0.25) is 0 Å². The van der Waals surface area contributed by atoms with Crippen LogP contribution in [0.25, 0.3) is 22.2 Å². The van der Waals surface area contributed by atoms with Crippen molar-refractivity contribution >= 4 is 28.8 Å². The smallest absolute Gasteiger partial charge is 0.316 e. The molecule has 0 atom stereocenters. The topological polar surface area (TPSA) is 110 Å². The Morgan fingerprint density at radius 3 is 2.58 bits per heavy atom. The number of halogens is 1. The first-order chi connectivity index (χ1) is 14.8. The number of aromatic nitrogens is 3. The lowest BCUT2D eigenvalue weighted by atomic mass is 9.95. The molecule has 2 heterocycles. The van der Waals surface area contributed by atoms with Gasteiger partial charge >= 0.3 is 12.0 Å². The Hall–Kier alpha value is -4.01. The lowest BCUT2D eigenvalue weighted by Gasteiger charge is -2.18. The Labute approximate surface area is 176 Å². The molecule has 9 heteroatoms. The van der Waals surface area contributed by atoms with Crippen LogP contribution in [0.3, 0.4) is 0 Å². The summed E-state index contributed by atoms with van der Waals surface area (Å²) in [5.74, 6) is -1.48. The van der Waals surface area contributed by atoms with Crippen molar-refractivity contribution in [2.45, 2.75) is 13.8 Å². The van der Waals surface area contributed by atoms with E-state index in [-0.39, 0.29) is 24.3 Å². The van der Waals surface area contributed by atoms with Crippen LogP contribution in [-0.2, 0) is 4.79 Å². The van der Waals surface area contributed by atoms with Gasteiger partial charge < -0.3 is 19.6 Å². The molecule has 2 aromatic heterocycles. The van der Waals surface area contributed by atoms with Crippen LogP contribution in [0.5, 0.6) is 6.01 Å². The van der Waals surface area contributed by atoms with Crippen LogP contribution in [0.2, 0.25) is 0 Å². The van der Waals surface area contributed by atoms with Gasteiger partial charge in [-0.2, -0.15) is 4.98 Å². The number of carboxylic acids is 1. The number of ether oxygens (including phenoxy) is 1. The van der Waals surface area contributed by atoms with E-state index in [1.165, 1.54) is 18.5 Å². The second kappa shape index (κ2) is 8.02. The highest BCUT2D eigenvalue weighted by molar-refractivity contribution is 5.75. The van der Waals surface area contributed by atoms with E-state index in [4.69, 9.17) is 14.3 Å². The first kappa shape index (κ1) is 20.3. The molecule has 2 N–H and O–H groups in total. The summed E-state index contributed by atoms with van der Waals surface area (Å²) in [6.07, 6.45) is 2.97. The molecule has 0 amide bonds. The maximum Gasteiger partial charge on any atom is 0.316 e. The third-order valence-corrected chi connectivity index (χ3v) is 4.61. The molecule has 0 aliphatic heterocycles. The molecule has 158 valence electrons. The number of aliphatic carboxylic acids is 1. The highest BCUT2D eigenvalue weighted by atomic mass is 19.1. The number of hydrogen-bond donors (Lipinski definition) is 2. The van der Waals surface area contributed by atoms with Gasteiger partial charge in [0.15, 0.2) is 5.58 Å². The van der Waals surface area contributed by atoms with Crippen molar-refractivity contribution in [3.05, 3.63) is 60.7 Å². The van der Waals surface area contributed by atoms with Crippen LogP contribution in [0, 0.1) is 11.2 Å². The van der Waals surface area contributed by atoms with Crippen LogP contribution in [0.1, 0.15) is 13.8 Å². The number of hydrogen-bond acceptors (Lipinski definition) is 7. The molecular weight excluding hydrogens is 403 g/mol. The fourth-order valence-corrected chi connectivity index (χ4v) is 2.68. The minimum atomic E-state index is -1.07. The fraction of sp³-hybridized carbons (Fsp3) is 0.182. The Morgan fingerprint density at radius 2 is 1.90 bits per heavy atom. The number of benzene rings is 2. The monoisotopic (exact) mass is 422 g/mol. The second-order valence-corrected chi connectivity index (χ2v) is 7.54. The summed E-state index contributed by atoms with van der Waals surface area (Å²) in [5, 5.41) is 12.0. The molecule has 0 aliphatic rings. The van der Waals surface area contributed by atoms with Crippen LogP contribution in [-0.4, -0.2) is 32.6 Å². The highest BCUT2D eigenvalue weighted by Gasteiger charge is 2.28. The standard InChI is InChI=1S/C22H19FN4O4/c1-22(2,19(28)29)12-30-20-24-10-14(11-25-20)13-7-8-16(15(23)9-13)26-21-27-17-5-3-4-6-18(17)31-21/h3-11H,12H2,1-2H3,(H,26,27)(H,28,29). The maximum atomic E-state index is 14.6. The number of nitrogens with one attached hydrogen (secondary N) is 1. The van der Waals surface area contributed by atoms with Crippen LogP contribution < -0.4 is 10.1 Å². The van der Waals surface area contributed by atoms with E-state index in [1.807, 2.05) is 12.1 Å². The SMILES string of the molecule is CC(C)(COc1ncc(-c2ccc(Nc3nc4ccccc4o3)c(F)c2)cn1)C(=O)O. The minimum absolute atomic E-state index is 0.0489. The second-order valence-electron chi connectivity index (χ2n) is 7.54. The molecule has 0 fully saturated rings. The van der Waals surface area contributed by atoms with Gasteiger partial charge in [0.1, 0.15) is 17.9 Å². The molecule has 2 aromatic carbocycles. The van der Waals surface area contributed by atoms with Gasteiger partial charge in [0, 0.05) is 18.0 Å². The molecule has 0 unspecified atom stereocenters. The predicted molar refractivity (Wildman–Crippen MR) is 112 cm³/mol. The van der Waals surface area contributed by atoms with Crippen LogP contribution in [0.15, 0.2) is 59.3 Å². The minimum Gasteiger partial charge on any atom is -0.481 e. The van der Waals surface area contributed by atoms with Gasteiger partial charge in [-0.3, -0.25) is 4.79 Å². The summed E-state index contributed by atoms with van der Waals surface area (Å²) in [4.78, 5) is 23.5. The van der Waals surface area contributed by atoms with Crippen molar-refractivity contribution in [1.29, 1.82) is 0 Å². The Bertz CT molecular complexity index is 1200. The zero-order valence-electron chi connectivity index (χ0n) is 16.8. The number of fused-ring (bicyclic) bond motifs is 1. The zero-order chi connectivity index (χ0) is 22.0. The number of rotatable bonds is 7. The third-order valence-electron chi connectivity index (χ3n) is 4.61. The van der Waals surface area contributed by atoms with E-state index in [2.05, 4.69) is 20.3 Å². The molecule has 4 rings (SSSR count). The van der Waals surface area contributed by atoms with E-state index in [0.29, 0.717) is 22.2 Å². The van der Waals surface area contributed by atoms with Crippen molar-refractivity contribution in [2.75, 3.05) is 11.9 Å². The number of nitrogens with zero attached hydrogens (tertiary/aromatic N) is 3. The fourth-order valence-electron chi connectivity index (χ4n) is 2.68. The average Bonchev–Trinajstić information content (AvgIpc) is 3.16. The maximum absolute atomic E-state index is 14.6. The molecule has 0 aliphatic carbocycles. The van der Waals surface area contributed by atoms with Crippen molar-refractivity contribution in [3.63, 3.8) is 0 Å². The van der Waals surface area contributed by atoms with Gasteiger partial charge in [-0.15, -0.1) is 0 Å². The predicted octanol–water partition coefficient (Wildman–Crippen LogP) is 4.66. The summed E-state index contributed by atoms with van der Waals surface area (Å²) in [6.45, 7) is 3.01. The first-order valence-electron chi connectivity index (χ1n) is 9.42. The average molecular weight is 422 g/mol. The lowest BCUT2D eigenvalue weighted by Crippen LogP contribution is -2.31. The van der Waals surface area contributed by atoms with Crippen LogP contribution in [0.4, 0.5) is 16.1 Å². The molecular formula is C22H19FN4O4. The third kappa shape index (κ3) is 4.45. The zero-order valence-corrected chi connectivity index (χ0v) is 16.8. The quantitative estimate of drug-likeness (QED) is 0.443. The Kier molecular flexibility index (Phi) is 5.24. The van der Waals surface area contributed by atoms with Gasteiger partial charge in [-0.25, -0.2) is 14.4 Å². The molecule has 0 spiro atoms. The number of para-hydroxylation sites is 2. The van der Waals surface area contributed by atoms with Crippen molar-refractivity contribution < 1.29 is 23.4 Å². The van der Waals surface area contributed by atoms with Gasteiger partial charge in [0.25, 0.3) is 6.01 Å². The van der Waals surface area contributed by atoms with Gasteiger partial charge in [0.05, 0.1) is 11.1 Å². The molecule has 0 bridgehead atoms. The lowest BCUT2D eigenvalue weighted by molar-refractivity contribution is -0.148. The number of carbonyl (C=O) groups is 1. The number of anilines is 2. The summed E-state index contributed by atoms with van der Waals surface area (Å²) < 4.78 is 25.5. The summed E-state index contributed by atoms with van der Waals surface area (Å²) in [6, 6.07) is 12.1. The summed E-state index contributed by atoms with van der Waals surface area (Å²) in [7, 11) is 0. The summed E-state index contributed by atoms with van der Waals surface area (Å²) in [5.41, 5.74) is 1.58. The van der Waals surface area contributed by atoms with Crippen LogP contribution >= 0.6 is 0 Å². The van der Waals surface area contributed by atoms with E-state index in [1.54, 1.807) is 38.1 Å². The largest absolute Gasteiger partial charge is 0.481 e. The normalized spacial score (nSPS) is 11.5. The Balaban J connectivity index is 1.46. The molecule has 4 aromatic rings. The van der Waals surface area contributed by atoms with E-state index in [9.17, 15) is 9.18 Å². The van der Waals surface area contributed by atoms with Gasteiger partial charge in [-0.1, -0.05) is 18.2 Å². The summed E-state index contributed by atoms with van der Waals surface area (Å²) >= 11 is 0. The number of oxazole rings is 1. The van der Waals surface area contributed by atoms with E-state index < -0.39 is 17.2 Å². The number of carboxylic acid groups (broad SMARTS) is 1. The van der Waals surface area contributed by atoms with Crippen molar-refractivity contribution in [1.82, 2.24) is 15.0 Å².